The Morgan fingerprint density at radius 1 is 1.10 bits per heavy atom. The molecule has 10 heteroatoms. The molecule has 0 saturated heterocycles. The molecule has 0 spiro atoms. The van der Waals surface area contributed by atoms with Crippen LogP contribution in [-0.2, 0) is 21.6 Å². The molecule has 0 aliphatic rings. The van der Waals surface area contributed by atoms with Crippen molar-refractivity contribution in [3.63, 3.8) is 0 Å². The van der Waals surface area contributed by atoms with E-state index in [-0.39, 0.29) is 23.5 Å². The number of benzene rings is 1. The van der Waals surface area contributed by atoms with Gasteiger partial charge in [-0.05, 0) is 24.3 Å². The Hall–Kier alpha value is -3.69. The van der Waals surface area contributed by atoms with Crippen molar-refractivity contribution >= 4 is 17.8 Å². The van der Waals surface area contributed by atoms with Gasteiger partial charge in [-0.1, -0.05) is 31.1 Å². The Morgan fingerprint density at radius 2 is 1.83 bits per heavy atom. The van der Waals surface area contributed by atoms with E-state index in [9.17, 15) is 9.59 Å². The fourth-order valence-electron chi connectivity index (χ4n) is 2.31. The van der Waals surface area contributed by atoms with Gasteiger partial charge in [-0.15, -0.1) is 0 Å². The van der Waals surface area contributed by atoms with E-state index in [0.717, 1.165) is 0 Å². The van der Waals surface area contributed by atoms with Gasteiger partial charge in [0, 0.05) is 18.4 Å². The normalized spacial score (nSPS) is 11.2. The van der Waals surface area contributed by atoms with Crippen molar-refractivity contribution in [3.8, 4) is 5.75 Å². The number of aryl methyl sites for hydroxylation is 1. The number of hydrogen-bond acceptors (Lipinski definition) is 9. The minimum Gasteiger partial charge on any atom is -0.485 e. The van der Waals surface area contributed by atoms with Crippen LogP contribution >= 0.6 is 0 Å². The number of nitrogens with one attached hydrogen (secondary N) is 1. The topological polar surface area (TPSA) is 130 Å². The van der Waals surface area contributed by atoms with Crippen LogP contribution in [-0.4, -0.2) is 33.8 Å². The monoisotopic (exact) mass is 414 g/mol. The second kappa shape index (κ2) is 8.76. The highest BCUT2D eigenvalue weighted by molar-refractivity contribution is 5.94. The number of carbonyl (C=O) groups is 2. The molecule has 0 saturated carbocycles. The van der Waals surface area contributed by atoms with Gasteiger partial charge in [0.15, 0.2) is 13.2 Å². The first kappa shape index (κ1) is 21.0. The lowest BCUT2D eigenvalue weighted by molar-refractivity contribution is -0.119. The van der Waals surface area contributed by atoms with Gasteiger partial charge >= 0.3 is 5.97 Å². The van der Waals surface area contributed by atoms with Crippen LogP contribution in [0.5, 0.6) is 5.75 Å². The third-order valence-electron chi connectivity index (χ3n) is 3.90. The first-order valence-corrected chi connectivity index (χ1v) is 9.17. The summed E-state index contributed by atoms with van der Waals surface area (Å²) in [7, 11) is 0. The van der Waals surface area contributed by atoms with E-state index in [1.54, 1.807) is 25.1 Å². The Labute approximate surface area is 172 Å². The molecule has 0 radical (unpaired) electrons. The number of esters is 1. The van der Waals surface area contributed by atoms with Crippen molar-refractivity contribution in [1.82, 2.24) is 15.3 Å². The molecular weight excluding hydrogens is 392 g/mol. The van der Waals surface area contributed by atoms with Crippen molar-refractivity contribution < 1.29 is 28.1 Å². The van der Waals surface area contributed by atoms with Gasteiger partial charge in [0.25, 0.3) is 5.91 Å². The summed E-state index contributed by atoms with van der Waals surface area (Å²) < 4.78 is 20.5. The van der Waals surface area contributed by atoms with Crippen LogP contribution < -0.4 is 10.1 Å². The maximum Gasteiger partial charge on any atom is 0.338 e. The number of rotatable bonds is 7. The number of amides is 1. The van der Waals surface area contributed by atoms with E-state index in [0.29, 0.717) is 23.2 Å². The average Bonchev–Trinajstić information content (AvgIpc) is 3.33. The molecule has 1 N–H and O–H groups in total. The van der Waals surface area contributed by atoms with Crippen LogP contribution in [0.2, 0.25) is 0 Å². The zero-order valence-electron chi connectivity index (χ0n) is 17.1. The maximum atomic E-state index is 12.1. The number of ether oxygens (including phenoxy) is 2. The second-order valence-electron chi connectivity index (χ2n) is 7.49. The smallest absolute Gasteiger partial charge is 0.338 e. The van der Waals surface area contributed by atoms with Crippen LogP contribution in [0.25, 0.3) is 0 Å². The molecule has 0 fully saturated rings. The van der Waals surface area contributed by atoms with E-state index < -0.39 is 18.5 Å². The first-order chi connectivity index (χ1) is 14.2. The van der Waals surface area contributed by atoms with Crippen LogP contribution in [0.4, 0.5) is 5.88 Å². The SMILES string of the molecule is Cc1nc(COc2ccc(C(=O)OCC(=O)Nc3cc(C(C)(C)C)no3)cc2)no1. The molecule has 0 aliphatic heterocycles. The molecule has 0 unspecified atom stereocenters. The minimum absolute atomic E-state index is 0.139. The summed E-state index contributed by atoms with van der Waals surface area (Å²) in [6, 6.07) is 7.90. The van der Waals surface area contributed by atoms with Gasteiger partial charge in [-0.25, -0.2) is 4.79 Å². The predicted molar refractivity (Wildman–Crippen MR) is 104 cm³/mol. The summed E-state index contributed by atoms with van der Waals surface area (Å²) in [6.07, 6.45) is 0. The molecule has 0 bridgehead atoms. The Balaban J connectivity index is 1.46. The Morgan fingerprint density at radius 3 is 2.43 bits per heavy atom. The molecule has 2 heterocycles. The molecule has 3 rings (SSSR count). The minimum atomic E-state index is -0.640. The molecule has 1 aromatic carbocycles. The summed E-state index contributed by atoms with van der Waals surface area (Å²) in [5.74, 6) is 0.414. The zero-order valence-corrected chi connectivity index (χ0v) is 17.1. The summed E-state index contributed by atoms with van der Waals surface area (Å²) in [5.41, 5.74) is 0.770. The van der Waals surface area contributed by atoms with E-state index in [1.165, 1.54) is 12.1 Å². The van der Waals surface area contributed by atoms with Crippen LogP contribution in [0.3, 0.4) is 0 Å². The average molecular weight is 414 g/mol. The summed E-state index contributed by atoms with van der Waals surface area (Å²) in [4.78, 5) is 28.1. The fourth-order valence-corrected chi connectivity index (χ4v) is 2.31. The standard InChI is InChI=1S/C20H22N4O6/c1-12-21-16(24-29-12)10-27-14-7-5-13(6-8-14)19(26)28-11-17(25)22-18-9-15(23-30-18)20(2,3)4/h5-9H,10-11H2,1-4H3,(H,22,25). The van der Waals surface area contributed by atoms with Gasteiger partial charge in [0.1, 0.15) is 5.75 Å². The molecule has 1 amide bonds. The van der Waals surface area contributed by atoms with Gasteiger partial charge in [-0.2, -0.15) is 4.98 Å². The van der Waals surface area contributed by atoms with Crippen LogP contribution in [0, 0.1) is 6.92 Å². The molecular formula is C20H22N4O6. The van der Waals surface area contributed by atoms with E-state index in [2.05, 4.69) is 20.6 Å². The molecule has 10 nitrogen and oxygen atoms in total. The number of hydrogen-bond donors (Lipinski definition) is 1. The lowest BCUT2D eigenvalue weighted by atomic mass is 9.92. The number of anilines is 1. The van der Waals surface area contributed by atoms with E-state index in [4.69, 9.17) is 18.5 Å². The highest BCUT2D eigenvalue weighted by atomic mass is 16.5. The highest BCUT2D eigenvalue weighted by Crippen LogP contribution is 2.23. The maximum absolute atomic E-state index is 12.1. The summed E-state index contributed by atoms with van der Waals surface area (Å²) in [5, 5.41) is 10.1. The van der Waals surface area contributed by atoms with Gasteiger partial charge in [0.2, 0.25) is 17.6 Å². The largest absolute Gasteiger partial charge is 0.485 e. The molecule has 2 aromatic heterocycles. The molecule has 0 aliphatic carbocycles. The van der Waals surface area contributed by atoms with Gasteiger partial charge in [0.05, 0.1) is 11.3 Å². The third kappa shape index (κ3) is 5.66. The first-order valence-electron chi connectivity index (χ1n) is 9.17. The lowest BCUT2D eigenvalue weighted by Crippen LogP contribution is -2.20. The summed E-state index contributed by atoms with van der Waals surface area (Å²) >= 11 is 0. The lowest BCUT2D eigenvalue weighted by Gasteiger charge is -2.12. The highest BCUT2D eigenvalue weighted by Gasteiger charge is 2.20. The Bertz CT molecular complexity index is 1020. The number of aromatic nitrogens is 3. The van der Waals surface area contributed by atoms with Crippen LogP contribution in [0.1, 0.15) is 48.5 Å². The number of nitrogens with zero attached hydrogens (tertiary/aromatic N) is 3. The second-order valence-corrected chi connectivity index (χ2v) is 7.49. The fraction of sp³-hybridized carbons (Fsp3) is 0.350. The third-order valence-corrected chi connectivity index (χ3v) is 3.90. The molecule has 158 valence electrons. The van der Waals surface area contributed by atoms with Crippen molar-refractivity contribution in [2.45, 2.75) is 39.7 Å². The van der Waals surface area contributed by atoms with Crippen molar-refractivity contribution in [2.24, 2.45) is 0 Å². The predicted octanol–water partition coefficient (Wildman–Crippen LogP) is 3.04. The van der Waals surface area contributed by atoms with Crippen molar-refractivity contribution in [1.29, 1.82) is 0 Å². The number of carbonyl (C=O) groups excluding carboxylic acids is 2. The van der Waals surface area contributed by atoms with Crippen LogP contribution in [0.15, 0.2) is 39.4 Å². The van der Waals surface area contributed by atoms with E-state index >= 15 is 0 Å². The molecule has 3 aromatic rings. The quantitative estimate of drug-likeness (QED) is 0.580. The van der Waals surface area contributed by atoms with Gasteiger partial charge in [-0.3, -0.25) is 10.1 Å². The zero-order chi connectivity index (χ0) is 21.7. The Kier molecular flexibility index (Phi) is 6.14. The van der Waals surface area contributed by atoms with Crippen molar-refractivity contribution in [2.75, 3.05) is 11.9 Å². The van der Waals surface area contributed by atoms with Crippen molar-refractivity contribution in [3.05, 3.63) is 53.3 Å². The van der Waals surface area contributed by atoms with E-state index in [1.807, 2.05) is 20.8 Å². The molecule has 30 heavy (non-hydrogen) atoms. The molecule has 0 atom stereocenters. The van der Waals surface area contributed by atoms with Gasteiger partial charge < -0.3 is 18.5 Å². The summed E-state index contributed by atoms with van der Waals surface area (Å²) in [6.45, 7) is 7.29.